The minimum atomic E-state index is 0.552. The van der Waals surface area contributed by atoms with Gasteiger partial charge in [-0.25, -0.2) is 0 Å². The van der Waals surface area contributed by atoms with Gasteiger partial charge in [0.2, 0.25) is 0 Å². The molecule has 0 amide bonds. The molecule has 2 heterocycles. The van der Waals surface area contributed by atoms with Crippen LogP contribution in [-0.4, -0.2) is 20.9 Å². The number of nitrogens with one attached hydrogen (secondary N) is 1. The fourth-order valence-corrected chi connectivity index (χ4v) is 4.15. The predicted octanol–water partition coefficient (Wildman–Crippen LogP) is 5.88. The number of nitrogens with zero attached hydrogens (tertiary/aromatic N) is 2. The van der Waals surface area contributed by atoms with Crippen LogP contribution in [0.3, 0.4) is 0 Å². The molecule has 0 saturated heterocycles. The SMILES string of the molecule is CCc1c(-c2nnc(SCCc3ccccc3)o2)[nH]c2ccc(Br)cc12. The molecule has 2 aromatic carbocycles. The van der Waals surface area contributed by atoms with Crippen LogP contribution in [0.25, 0.3) is 22.5 Å². The summed E-state index contributed by atoms with van der Waals surface area (Å²) >= 11 is 5.14. The predicted molar refractivity (Wildman–Crippen MR) is 110 cm³/mol. The third-order valence-electron chi connectivity index (χ3n) is 4.30. The molecule has 0 aliphatic rings. The average molecular weight is 428 g/mol. The van der Waals surface area contributed by atoms with E-state index in [1.807, 2.05) is 12.1 Å². The van der Waals surface area contributed by atoms with Gasteiger partial charge >= 0.3 is 0 Å². The fraction of sp³-hybridized carbons (Fsp3) is 0.200. The zero-order valence-electron chi connectivity index (χ0n) is 14.3. The van der Waals surface area contributed by atoms with E-state index in [1.54, 1.807) is 11.8 Å². The molecule has 4 nitrogen and oxygen atoms in total. The van der Waals surface area contributed by atoms with Gasteiger partial charge in [-0.1, -0.05) is 64.9 Å². The maximum Gasteiger partial charge on any atom is 0.276 e. The Balaban J connectivity index is 1.53. The first-order valence-electron chi connectivity index (χ1n) is 8.55. The van der Waals surface area contributed by atoms with E-state index in [1.165, 1.54) is 16.5 Å². The van der Waals surface area contributed by atoms with Crippen molar-refractivity contribution in [1.82, 2.24) is 15.2 Å². The van der Waals surface area contributed by atoms with Gasteiger partial charge in [-0.2, -0.15) is 0 Å². The lowest BCUT2D eigenvalue weighted by molar-refractivity contribution is 0.464. The van der Waals surface area contributed by atoms with Gasteiger partial charge in [0.15, 0.2) is 0 Å². The van der Waals surface area contributed by atoms with Gasteiger partial charge in [-0.05, 0) is 42.2 Å². The molecule has 0 aliphatic carbocycles. The van der Waals surface area contributed by atoms with Crippen LogP contribution in [0.2, 0.25) is 0 Å². The molecule has 1 N–H and O–H groups in total. The van der Waals surface area contributed by atoms with Gasteiger partial charge in [0.25, 0.3) is 11.1 Å². The molecule has 0 atom stereocenters. The van der Waals surface area contributed by atoms with E-state index < -0.39 is 0 Å². The first-order valence-corrected chi connectivity index (χ1v) is 10.3. The molecule has 4 aromatic rings. The molecule has 0 fully saturated rings. The number of fused-ring (bicyclic) bond motifs is 1. The van der Waals surface area contributed by atoms with E-state index in [4.69, 9.17) is 4.42 Å². The lowest BCUT2D eigenvalue weighted by atomic mass is 10.1. The molecular formula is C20H18BrN3OS. The largest absolute Gasteiger partial charge is 0.410 e. The van der Waals surface area contributed by atoms with Gasteiger partial charge in [0, 0.05) is 21.1 Å². The summed E-state index contributed by atoms with van der Waals surface area (Å²) in [4.78, 5) is 3.43. The third-order valence-corrected chi connectivity index (χ3v) is 5.61. The van der Waals surface area contributed by atoms with Crippen molar-refractivity contribution in [2.75, 3.05) is 5.75 Å². The van der Waals surface area contributed by atoms with E-state index in [9.17, 15) is 0 Å². The van der Waals surface area contributed by atoms with Crippen LogP contribution in [0.5, 0.6) is 0 Å². The Hall–Kier alpha value is -2.05. The second kappa shape index (κ2) is 7.68. The Morgan fingerprint density at radius 3 is 2.77 bits per heavy atom. The number of rotatable bonds is 6. The van der Waals surface area contributed by atoms with Gasteiger partial charge < -0.3 is 9.40 Å². The molecule has 0 spiro atoms. The maximum atomic E-state index is 5.91. The number of hydrogen-bond donors (Lipinski definition) is 1. The number of H-pyrrole nitrogens is 1. The zero-order chi connectivity index (χ0) is 17.9. The Labute approximate surface area is 164 Å². The number of aromatic amines is 1. The highest BCUT2D eigenvalue weighted by Gasteiger charge is 2.17. The highest BCUT2D eigenvalue weighted by Crippen LogP contribution is 2.33. The van der Waals surface area contributed by atoms with Gasteiger partial charge in [0.1, 0.15) is 5.69 Å². The van der Waals surface area contributed by atoms with Crippen molar-refractivity contribution >= 4 is 38.6 Å². The van der Waals surface area contributed by atoms with Crippen LogP contribution in [0.15, 0.2) is 62.6 Å². The summed E-state index contributed by atoms with van der Waals surface area (Å²) in [5, 5.41) is 10.3. The number of aromatic nitrogens is 3. The minimum Gasteiger partial charge on any atom is -0.410 e. The molecule has 4 rings (SSSR count). The molecule has 0 aliphatic heterocycles. The molecule has 2 aromatic heterocycles. The van der Waals surface area contributed by atoms with Crippen molar-refractivity contribution in [2.24, 2.45) is 0 Å². The van der Waals surface area contributed by atoms with Gasteiger partial charge in [-0.3, -0.25) is 0 Å². The molecule has 0 unspecified atom stereocenters. The van der Waals surface area contributed by atoms with Crippen LogP contribution in [0.4, 0.5) is 0 Å². The number of thioether (sulfide) groups is 1. The Bertz CT molecular complexity index is 1030. The number of aryl methyl sites for hydroxylation is 2. The average Bonchev–Trinajstić information content (AvgIpc) is 3.26. The van der Waals surface area contributed by atoms with Crippen molar-refractivity contribution in [1.29, 1.82) is 0 Å². The number of hydrogen-bond acceptors (Lipinski definition) is 4. The Kier molecular flexibility index (Phi) is 5.13. The first kappa shape index (κ1) is 17.4. The summed E-state index contributed by atoms with van der Waals surface area (Å²) < 4.78 is 6.97. The van der Waals surface area contributed by atoms with Crippen LogP contribution in [0.1, 0.15) is 18.1 Å². The van der Waals surface area contributed by atoms with E-state index >= 15 is 0 Å². The fourth-order valence-electron chi connectivity index (χ4n) is 3.04. The summed E-state index contributed by atoms with van der Waals surface area (Å²) in [5.74, 6) is 1.46. The molecule has 0 saturated carbocycles. The lowest BCUT2D eigenvalue weighted by Gasteiger charge is -1.98. The summed E-state index contributed by atoms with van der Waals surface area (Å²) in [6.45, 7) is 2.14. The monoisotopic (exact) mass is 427 g/mol. The van der Waals surface area contributed by atoms with E-state index in [2.05, 4.69) is 74.4 Å². The van der Waals surface area contributed by atoms with Crippen LogP contribution in [0, 0.1) is 0 Å². The van der Waals surface area contributed by atoms with Crippen LogP contribution < -0.4 is 0 Å². The van der Waals surface area contributed by atoms with E-state index in [-0.39, 0.29) is 0 Å². The van der Waals surface area contributed by atoms with Gasteiger partial charge in [0.05, 0.1) is 0 Å². The minimum absolute atomic E-state index is 0.552. The van der Waals surface area contributed by atoms with Crippen molar-refractivity contribution in [3.05, 3.63) is 64.1 Å². The molecular weight excluding hydrogens is 410 g/mol. The second-order valence-electron chi connectivity index (χ2n) is 5.98. The smallest absolute Gasteiger partial charge is 0.276 e. The molecule has 0 bridgehead atoms. The van der Waals surface area contributed by atoms with Crippen molar-refractivity contribution in [3.63, 3.8) is 0 Å². The van der Waals surface area contributed by atoms with Crippen molar-refractivity contribution in [3.8, 4) is 11.6 Å². The number of benzene rings is 2. The normalized spacial score (nSPS) is 11.3. The quantitative estimate of drug-likeness (QED) is 0.390. The molecule has 6 heteroatoms. The highest BCUT2D eigenvalue weighted by atomic mass is 79.9. The summed E-state index contributed by atoms with van der Waals surface area (Å²) in [6, 6.07) is 16.6. The summed E-state index contributed by atoms with van der Waals surface area (Å²) in [7, 11) is 0. The highest BCUT2D eigenvalue weighted by molar-refractivity contribution is 9.10. The van der Waals surface area contributed by atoms with E-state index in [0.29, 0.717) is 11.1 Å². The van der Waals surface area contributed by atoms with Gasteiger partial charge in [-0.15, -0.1) is 10.2 Å². The van der Waals surface area contributed by atoms with Crippen molar-refractivity contribution in [2.45, 2.75) is 25.0 Å². The molecule has 26 heavy (non-hydrogen) atoms. The maximum absolute atomic E-state index is 5.91. The standard InChI is InChI=1S/C20H18BrN3OS/c1-2-15-16-12-14(21)8-9-17(16)22-18(15)19-23-24-20(25-19)26-11-10-13-6-4-3-5-7-13/h3-9,12,22H,2,10-11H2,1H3. The van der Waals surface area contributed by atoms with Crippen molar-refractivity contribution < 1.29 is 4.42 Å². The van der Waals surface area contributed by atoms with E-state index in [0.717, 1.165) is 34.3 Å². The Morgan fingerprint density at radius 2 is 1.96 bits per heavy atom. The van der Waals surface area contributed by atoms with Crippen LogP contribution in [-0.2, 0) is 12.8 Å². The topological polar surface area (TPSA) is 54.7 Å². The second-order valence-corrected chi connectivity index (χ2v) is 7.94. The molecule has 132 valence electrons. The first-order chi connectivity index (χ1) is 12.7. The zero-order valence-corrected chi connectivity index (χ0v) is 16.7. The lowest BCUT2D eigenvalue weighted by Crippen LogP contribution is -1.87. The number of halogens is 1. The third kappa shape index (κ3) is 3.57. The summed E-state index contributed by atoms with van der Waals surface area (Å²) in [5.41, 5.74) is 4.51. The molecule has 0 radical (unpaired) electrons. The summed E-state index contributed by atoms with van der Waals surface area (Å²) in [6.07, 6.45) is 1.87. The van der Waals surface area contributed by atoms with Crippen LogP contribution >= 0.6 is 27.7 Å². The Morgan fingerprint density at radius 1 is 1.12 bits per heavy atom.